The number of aliphatic hydroxyl groups is 4. The molecular weight excluding hydrogens is 444 g/mol. The van der Waals surface area contributed by atoms with Crippen LogP contribution in [-0.2, 0) is 22.7 Å². The van der Waals surface area contributed by atoms with Gasteiger partial charge < -0.3 is 50.7 Å². The molecular formula is C24H36N2O8. The number of phenols is 2. The zero-order valence-corrected chi connectivity index (χ0v) is 19.2. The minimum Gasteiger partial charge on any atom is -0.508 e. The predicted octanol–water partition coefficient (Wildman–Crippen LogP) is 0.0618. The van der Waals surface area contributed by atoms with E-state index in [2.05, 4.69) is 10.6 Å². The number of hydrogen-bond donors (Lipinski definition) is 8. The van der Waals surface area contributed by atoms with Gasteiger partial charge in [-0.05, 0) is 35.4 Å². The number of aromatic hydroxyl groups is 2. The van der Waals surface area contributed by atoms with Crippen molar-refractivity contribution in [1.29, 1.82) is 0 Å². The number of ether oxygens (including phenoxy) is 2. The fourth-order valence-electron chi connectivity index (χ4n) is 3.20. The number of aliphatic hydroxyl groups excluding tert-OH is 4. The van der Waals surface area contributed by atoms with Crippen molar-refractivity contribution in [2.45, 2.75) is 25.4 Å². The Kier molecular flexibility index (Phi) is 12.8. The number of rotatable bonds is 17. The highest BCUT2D eigenvalue weighted by Crippen LogP contribution is 2.23. The van der Waals surface area contributed by atoms with Crippen LogP contribution >= 0.6 is 0 Å². The van der Waals surface area contributed by atoms with E-state index >= 15 is 0 Å². The van der Waals surface area contributed by atoms with Gasteiger partial charge in [-0.15, -0.1) is 0 Å². The van der Waals surface area contributed by atoms with Crippen molar-refractivity contribution < 1.29 is 40.1 Å². The van der Waals surface area contributed by atoms with Crippen molar-refractivity contribution in [3.63, 3.8) is 0 Å². The second kappa shape index (κ2) is 15.6. The van der Waals surface area contributed by atoms with E-state index < -0.39 is 12.2 Å². The highest BCUT2D eigenvalue weighted by Gasteiger charge is 2.11. The molecule has 0 heterocycles. The molecule has 0 fully saturated rings. The molecule has 0 aliphatic carbocycles. The van der Waals surface area contributed by atoms with Gasteiger partial charge >= 0.3 is 0 Å². The van der Waals surface area contributed by atoms with Crippen LogP contribution < -0.4 is 10.6 Å². The molecule has 2 rings (SSSR count). The number of nitrogens with one attached hydrogen (secondary N) is 2. The third-order valence-electron chi connectivity index (χ3n) is 5.21. The lowest BCUT2D eigenvalue weighted by Gasteiger charge is -2.14. The third kappa shape index (κ3) is 9.53. The van der Waals surface area contributed by atoms with E-state index in [0.717, 1.165) is 0 Å². The molecule has 2 aromatic carbocycles. The fraction of sp³-hybridized carbons (Fsp3) is 0.500. The normalized spacial score (nSPS) is 13.2. The molecule has 8 N–H and O–H groups in total. The zero-order chi connectivity index (χ0) is 24.8. The molecule has 2 aromatic rings. The van der Waals surface area contributed by atoms with Gasteiger partial charge in [0.1, 0.15) is 11.5 Å². The van der Waals surface area contributed by atoms with Gasteiger partial charge in [-0.3, -0.25) is 0 Å². The zero-order valence-electron chi connectivity index (χ0n) is 19.2. The van der Waals surface area contributed by atoms with Crippen LogP contribution in [-0.4, -0.2) is 83.2 Å². The van der Waals surface area contributed by atoms with Gasteiger partial charge in [-0.25, -0.2) is 0 Å². The maximum atomic E-state index is 10.2. The van der Waals surface area contributed by atoms with Gasteiger partial charge in [0.25, 0.3) is 0 Å². The molecule has 34 heavy (non-hydrogen) atoms. The molecule has 190 valence electrons. The lowest BCUT2D eigenvalue weighted by atomic mass is 10.1. The predicted molar refractivity (Wildman–Crippen MR) is 125 cm³/mol. The summed E-state index contributed by atoms with van der Waals surface area (Å²) in [7, 11) is 0. The van der Waals surface area contributed by atoms with Gasteiger partial charge in [0.2, 0.25) is 0 Å². The van der Waals surface area contributed by atoms with Crippen molar-refractivity contribution in [2.24, 2.45) is 0 Å². The van der Waals surface area contributed by atoms with Crippen molar-refractivity contribution in [3.05, 3.63) is 58.7 Å². The summed E-state index contributed by atoms with van der Waals surface area (Å²) >= 11 is 0. The summed E-state index contributed by atoms with van der Waals surface area (Å²) in [5.74, 6) is 0.00338. The molecule has 10 nitrogen and oxygen atoms in total. The van der Waals surface area contributed by atoms with Crippen LogP contribution in [0.1, 0.15) is 34.5 Å². The Balaban J connectivity index is 1.45. The second-order valence-corrected chi connectivity index (χ2v) is 7.76. The molecule has 0 radical (unpaired) electrons. The van der Waals surface area contributed by atoms with Crippen LogP contribution in [0.15, 0.2) is 36.4 Å². The molecule has 0 amide bonds. The van der Waals surface area contributed by atoms with Crippen LogP contribution in [0, 0.1) is 0 Å². The molecule has 0 aromatic heterocycles. The van der Waals surface area contributed by atoms with Crippen molar-refractivity contribution >= 4 is 0 Å². The van der Waals surface area contributed by atoms with E-state index in [-0.39, 0.29) is 24.7 Å². The summed E-state index contributed by atoms with van der Waals surface area (Å²) in [4.78, 5) is 0. The van der Waals surface area contributed by atoms with Crippen LogP contribution in [0.25, 0.3) is 0 Å². The third-order valence-corrected chi connectivity index (χ3v) is 5.21. The van der Waals surface area contributed by atoms with Gasteiger partial charge in [0.05, 0.1) is 51.8 Å². The SMILES string of the molecule is OCc1cc(C(O)CNCCOCCOCCNCC(O)c2ccc(O)c(CO)c2)ccc1O. The molecule has 0 bridgehead atoms. The molecule has 2 unspecified atom stereocenters. The van der Waals surface area contributed by atoms with Gasteiger partial charge in [0, 0.05) is 37.3 Å². The van der Waals surface area contributed by atoms with E-state index in [1.165, 1.54) is 12.1 Å². The first kappa shape index (κ1) is 28.0. The molecule has 0 saturated carbocycles. The molecule has 0 aliphatic rings. The molecule has 0 spiro atoms. The van der Waals surface area contributed by atoms with Crippen molar-refractivity contribution in [2.75, 3.05) is 52.6 Å². The van der Waals surface area contributed by atoms with E-state index in [9.17, 15) is 30.6 Å². The first-order valence-corrected chi connectivity index (χ1v) is 11.2. The standard InChI is InChI=1S/C24H36N2O8/c27-15-19-11-17(1-3-21(19)29)23(31)13-25-5-7-33-9-10-34-8-6-26-14-24(32)18-2-4-22(30)20(12-18)16-28/h1-4,11-12,23-32H,5-10,13-16H2. The van der Waals surface area contributed by atoms with Crippen LogP contribution in [0.2, 0.25) is 0 Å². The largest absolute Gasteiger partial charge is 0.508 e. The van der Waals surface area contributed by atoms with E-state index in [1.54, 1.807) is 24.3 Å². The Morgan fingerprint density at radius 2 is 1.06 bits per heavy atom. The molecule has 0 aliphatic heterocycles. The molecule has 10 heteroatoms. The lowest BCUT2D eigenvalue weighted by molar-refractivity contribution is 0.0481. The summed E-state index contributed by atoms with van der Waals surface area (Å²) in [6, 6.07) is 9.29. The summed E-state index contributed by atoms with van der Waals surface area (Å²) in [5.41, 5.74) is 1.98. The summed E-state index contributed by atoms with van der Waals surface area (Å²) in [6.07, 6.45) is -1.52. The first-order chi connectivity index (χ1) is 16.5. The van der Waals surface area contributed by atoms with Crippen molar-refractivity contribution in [3.8, 4) is 11.5 Å². The molecule has 2 atom stereocenters. The Morgan fingerprint density at radius 3 is 1.44 bits per heavy atom. The van der Waals surface area contributed by atoms with Crippen LogP contribution in [0.3, 0.4) is 0 Å². The minimum absolute atomic E-state index is 0.00169. The Hall–Kier alpha value is -2.28. The maximum absolute atomic E-state index is 10.2. The highest BCUT2D eigenvalue weighted by atomic mass is 16.5. The lowest BCUT2D eigenvalue weighted by Crippen LogP contribution is -2.27. The highest BCUT2D eigenvalue weighted by molar-refractivity contribution is 5.37. The van der Waals surface area contributed by atoms with E-state index in [0.29, 0.717) is 74.9 Å². The quantitative estimate of drug-likeness (QED) is 0.145. The van der Waals surface area contributed by atoms with E-state index in [1.807, 2.05) is 0 Å². The topological polar surface area (TPSA) is 164 Å². The Labute approximate surface area is 199 Å². The van der Waals surface area contributed by atoms with Crippen molar-refractivity contribution in [1.82, 2.24) is 10.6 Å². The van der Waals surface area contributed by atoms with Gasteiger partial charge in [0.15, 0.2) is 0 Å². The van der Waals surface area contributed by atoms with E-state index in [4.69, 9.17) is 9.47 Å². The molecule has 0 saturated heterocycles. The maximum Gasteiger partial charge on any atom is 0.121 e. The van der Waals surface area contributed by atoms with Crippen LogP contribution in [0.4, 0.5) is 0 Å². The average molecular weight is 481 g/mol. The Morgan fingerprint density at radius 1 is 0.647 bits per heavy atom. The average Bonchev–Trinajstić information content (AvgIpc) is 2.84. The smallest absolute Gasteiger partial charge is 0.121 e. The Bertz CT molecular complexity index is 782. The second-order valence-electron chi connectivity index (χ2n) is 7.76. The summed E-state index contributed by atoms with van der Waals surface area (Å²) < 4.78 is 10.9. The summed E-state index contributed by atoms with van der Waals surface area (Å²) in [5, 5.41) is 64.0. The monoisotopic (exact) mass is 480 g/mol. The first-order valence-electron chi connectivity index (χ1n) is 11.2. The fourth-order valence-corrected chi connectivity index (χ4v) is 3.20. The number of hydrogen-bond acceptors (Lipinski definition) is 10. The number of benzene rings is 2. The van der Waals surface area contributed by atoms with Gasteiger partial charge in [-0.2, -0.15) is 0 Å². The minimum atomic E-state index is -0.758. The summed E-state index contributed by atoms with van der Waals surface area (Å²) in [6.45, 7) is 2.94. The van der Waals surface area contributed by atoms with Crippen LogP contribution in [0.5, 0.6) is 11.5 Å². The van der Waals surface area contributed by atoms with Gasteiger partial charge in [-0.1, -0.05) is 12.1 Å².